The van der Waals surface area contributed by atoms with Crippen LogP contribution in [0.5, 0.6) is 0 Å². The van der Waals surface area contributed by atoms with Gasteiger partial charge in [-0.3, -0.25) is 9.59 Å². The smallest absolute Gasteiger partial charge is 0.276 e. The minimum Gasteiger partial charge on any atom is -0.351 e. The van der Waals surface area contributed by atoms with E-state index in [2.05, 4.69) is 21.7 Å². The van der Waals surface area contributed by atoms with Gasteiger partial charge in [0, 0.05) is 29.1 Å². The van der Waals surface area contributed by atoms with E-state index in [0.29, 0.717) is 22.8 Å². The van der Waals surface area contributed by atoms with Gasteiger partial charge < -0.3 is 10.2 Å². The Morgan fingerprint density at radius 1 is 0.907 bits per heavy atom. The summed E-state index contributed by atoms with van der Waals surface area (Å²) in [7, 11) is 0. The van der Waals surface area contributed by atoms with Gasteiger partial charge in [-0.2, -0.15) is 4.68 Å². The van der Waals surface area contributed by atoms with Gasteiger partial charge in [-0.1, -0.05) is 96.3 Å². The van der Waals surface area contributed by atoms with E-state index in [0.717, 1.165) is 58.8 Å². The number of pyridine rings is 1. The number of nitrogens with zero attached hydrogens (tertiary/aromatic N) is 5. The maximum atomic E-state index is 14.8. The van der Waals surface area contributed by atoms with Crippen LogP contribution in [0.1, 0.15) is 70.9 Å². The van der Waals surface area contributed by atoms with Gasteiger partial charge in [0.2, 0.25) is 5.91 Å². The molecule has 1 N–H and O–H groups in total. The lowest BCUT2D eigenvalue weighted by Crippen LogP contribution is -2.46. The Bertz CT molecular complexity index is 1820. The van der Waals surface area contributed by atoms with Crippen LogP contribution >= 0.6 is 0 Å². The molecule has 1 aliphatic heterocycles. The van der Waals surface area contributed by atoms with Gasteiger partial charge in [-0.05, 0) is 50.5 Å². The molecule has 1 fully saturated rings. The molecule has 0 spiro atoms. The molecule has 1 aliphatic carbocycles. The molecule has 2 amide bonds. The first kappa shape index (κ1) is 27.0. The van der Waals surface area contributed by atoms with Crippen LogP contribution in [-0.2, 0) is 11.3 Å². The zero-order valence-corrected chi connectivity index (χ0v) is 24.5. The number of fused-ring (bicyclic) bond motifs is 4. The molecule has 8 heteroatoms. The molecule has 3 aromatic carbocycles. The van der Waals surface area contributed by atoms with Crippen molar-refractivity contribution in [1.29, 1.82) is 0 Å². The van der Waals surface area contributed by atoms with E-state index in [-0.39, 0.29) is 24.4 Å². The summed E-state index contributed by atoms with van der Waals surface area (Å²) in [5.74, 6) is -0.0570. The molecule has 216 valence electrons. The highest BCUT2D eigenvalue weighted by Gasteiger charge is 2.42. The standard InChI is InChI=1S/C35H34N6O2/c1-22-13-16-24(17-14-22)21-40-31(34(42)36-27-11-7-4-8-12-27)28-20-26-19-23(2)15-18-29(26)37-33(28)41-32(35(40)43)30(38-39-41)25-9-5-3-6-10-25/h3,5-6,9-10,13-20,27,31H,4,7-8,11-12,21H2,1-2H3,(H,36,42). The Labute approximate surface area is 250 Å². The molecule has 3 heterocycles. The third kappa shape index (κ3) is 5.07. The molecule has 2 aliphatic rings. The van der Waals surface area contributed by atoms with Crippen molar-refractivity contribution < 1.29 is 9.59 Å². The zero-order chi connectivity index (χ0) is 29.5. The predicted molar refractivity (Wildman–Crippen MR) is 166 cm³/mol. The molecule has 0 saturated heterocycles. The average Bonchev–Trinajstić information content (AvgIpc) is 3.43. The summed E-state index contributed by atoms with van der Waals surface area (Å²) in [6.07, 6.45) is 5.24. The van der Waals surface area contributed by atoms with E-state index in [1.54, 1.807) is 4.90 Å². The maximum Gasteiger partial charge on any atom is 0.276 e. The molecular weight excluding hydrogens is 536 g/mol. The topological polar surface area (TPSA) is 93.0 Å². The van der Waals surface area contributed by atoms with E-state index >= 15 is 0 Å². The fraction of sp³-hybridized carbons (Fsp3) is 0.286. The fourth-order valence-electron chi connectivity index (χ4n) is 6.37. The first-order chi connectivity index (χ1) is 21.0. The zero-order valence-electron chi connectivity index (χ0n) is 24.5. The quantitative estimate of drug-likeness (QED) is 0.270. The lowest BCUT2D eigenvalue weighted by Gasteiger charge is -2.32. The van der Waals surface area contributed by atoms with Gasteiger partial charge >= 0.3 is 0 Å². The van der Waals surface area contributed by atoms with Crippen molar-refractivity contribution in [3.63, 3.8) is 0 Å². The Morgan fingerprint density at radius 3 is 2.42 bits per heavy atom. The molecular formula is C35H34N6O2. The van der Waals surface area contributed by atoms with E-state index < -0.39 is 6.04 Å². The summed E-state index contributed by atoms with van der Waals surface area (Å²) >= 11 is 0. The largest absolute Gasteiger partial charge is 0.351 e. The molecule has 1 atom stereocenters. The van der Waals surface area contributed by atoms with Crippen LogP contribution in [0, 0.1) is 13.8 Å². The summed E-state index contributed by atoms with van der Waals surface area (Å²) in [6.45, 7) is 4.31. The molecule has 0 bridgehead atoms. The predicted octanol–water partition coefficient (Wildman–Crippen LogP) is 6.25. The minimum atomic E-state index is -0.909. The third-order valence-corrected chi connectivity index (χ3v) is 8.64. The second-order valence-corrected chi connectivity index (χ2v) is 11.8. The molecule has 7 rings (SSSR count). The van der Waals surface area contributed by atoms with E-state index in [1.807, 2.05) is 86.6 Å². The molecule has 0 radical (unpaired) electrons. The lowest BCUT2D eigenvalue weighted by atomic mass is 9.94. The molecule has 1 saturated carbocycles. The summed E-state index contributed by atoms with van der Waals surface area (Å²) in [5.41, 5.74) is 6.08. The van der Waals surface area contributed by atoms with Crippen molar-refractivity contribution in [1.82, 2.24) is 30.2 Å². The highest BCUT2D eigenvalue weighted by Crippen LogP contribution is 2.38. The van der Waals surface area contributed by atoms with Gasteiger partial charge in [0.1, 0.15) is 11.7 Å². The third-order valence-electron chi connectivity index (χ3n) is 8.64. The number of hydrogen-bond acceptors (Lipinski definition) is 5. The monoisotopic (exact) mass is 570 g/mol. The fourth-order valence-corrected chi connectivity index (χ4v) is 6.37. The summed E-state index contributed by atoms with van der Waals surface area (Å²) < 4.78 is 1.54. The van der Waals surface area contributed by atoms with Gasteiger partial charge in [0.05, 0.1) is 5.52 Å². The lowest BCUT2D eigenvalue weighted by molar-refractivity contribution is -0.127. The van der Waals surface area contributed by atoms with Crippen LogP contribution in [0.2, 0.25) is 0 Å². The second kappa shape index (κ2) is 11.1. The number of rotatable bonds is 5. The molecule has 2 aromatic heterocycles. The first-order valence-corrected chi connectivity index (χ1v) is 15.1. The van der Waals surface area contributed by atoms with Crippen LogP contribution in [-0.4, -0.2) is 42.7 Å². The highest BCUT2D eigenvalue weighted by molar-refractivity contribution is 6.03. The maximum absolute atomic E-state index is 14.8. The number of amides is 2. The van der Waals surface area contributed by atoms with Crippen molar-refractivity contribution in [2.24, 2.45) is 0 Å². The van der Waals surface area contributed by atoms with Gasteiger partial charge in [-0.15, -0.1) is 5.10 Å². The second-order valence-electron chi connectivity index (χ2n) is 11.8. The number of benzene rings is 3. The van der Waals surface area contributed by atoms with Crippen LogP contribution < -0.4 is 5.32 Å². The first-order valence-electron chi connectivity index (χ1n) is 15.1. The normalized spacial score (nSPS) is 16.9. The number of carbonyl (C=O) groups excluding carboxylic acids is 2. The molecule has 8 nitrogen and oxygen atoms in total. The van der Waals surface area contributed by atoms with Crippen LogP contribution in [0.15, 0.2) is 78.9 Å². The summed E-state index contributed by atoms with van der Waals surface area (Å²) in [4.78, 5) is 36.0. The molecule has 1 unspecified atom stereocenters. The Morgan fingerprint density at radius 2 is 1.65 bits per heavy atom. The summed E-state index contributed by atoms with van der Waals surface area (Å²) in [6, 6.07) is 24.9. The average molecular weight is 571 g/mol. The van der Waals surface area contributed by atoms with Gasteiger partial charge in [-0.25, -0.2) is 4.98 Å². The van der Waals surface area contributed by atoms with Crippen molar-refractivity contribution in [2.45, 2.75) is 64.6 Å². The van der Waals surface area contributed by atoms with Crippen LogP contribution in [0.25, 0.3) is 28.0 Å². The Balaban J connectivity index is 1.46. The van der Waals surface area contributed by atoms with Crippen molar-refractivity contribution in [3.8, 4) is 17.1 Å². The van der Waals surface area contributed by atoms with Crippen molar-refractivity contribution >= 4 is 22.7 Å². The van der Waals surface area contributed by atoms with E-state index in [1.165, 1.54) is 11.1 Å². The van der Waals surface area contributed by atoms with E-state index in [9.17, 15) is 9.59 Å². The van der Waals surface area contributed by atoms with Crippen molar-refractivity contribution in [2.75, 3.05) is 0 Å². The Kier molecular flexibility index (Phi) is 6.97. The highest BCUT2D eigenvalue weighted by atomic mass is 16.2. The number of hydrogen-bond donors (Lipinski definition) is 1. The van der Waals surface area contributed by atoms with Crippen LogP contribution in [0.3, 0.4) is 0 Å². The van der Waals surface area contributed by atoms with Gasteiger partial charge in [0.15, 0.2) is 11.5 Å². The van der Waals surface area contributed by atoms with Crippen LogP contribution in [0.4, 0.5) is 0 Å². The SMILES string of the molecule is Cc1ccc(CN2C(=O)c3c(-c4ccccc4)nnn3-c3nc4ccc(C)cc4cc3C2C(=O)NC2CCCCC2)cc1. The number of carbonyl (C=O) groups is 2. The minimum absolute atomic E-state index is 0.0820. The molecule has 5 aromatic rings. The number of aryl methyl sites for hydroxylation is 2. The van der Waals surface area contributed by atoms with E-state index in [4.69, 9.17) is 4.98 Å². The molecule has 43 heavy (non-hydrogen) atoms. The van der Waals surface area contributed by atoms with Gasteiger partial charge in [0.25, 0.3) is 5.91 Å². The summed E-state index contributed by atoms with van der Waals surface area (Å²) in [5, 5.41) is 13.2. The van der Waals surface area contributed by atoms with Crippen molar-refractivity contribution in [3.05, 3.63) is 107 Å². The Hall–Kier alpha value is -4.85. The number of nitrogens with one attached hydrogen (secondary N) is 1. The number of aromatic nitrogens is 4.